The summed E-state index contributed by atoms with van der Waals surface area (Å²) in [6, 6.07) is 7.05. The smallest absolute Gasteiger partial charge is 0.337 e. The minimum Gasteiger partial charge on any atom is -0.465 e. The summed E-state index contributed by atoms with van der Waals surface area (Å²) in [5, 5.41) is 6.74. The van der Waals surface area contributed by atoms with Gasteiger partial charge in [-0.15, -0.1) is 0 Å². The molecule has 1 fully saturated rings. The molecule has 5 nitrogen and oxygen atoms in total. The number of esters is 1. The third-order valence-corrected chi connectivity index (χ3v) is 4.05. The van der Waals surface area contributed by atoms with Crippen molar-refractivity contribution in [1.29, 1.82) is 0 Å². The summed E-state index contributed by atoms with van der Waals surface area (Å²) in [6.07, 6.45) is 6.36. The van der Waals surface area contributed by atoms with Crippen molar-refractivity contribution in [3.63, 3.8) is 0 Å². The van der Waals surface area contributed by atoms with Crippen LogP contribution in [0.4, 0.5) is 5.69 Å². The van der Waals surface area contributed by atoms with Crippen molar-refractivity contribution < 1.29 is 14.3 Å². The molecular weight excluding hydrogens is 312 g/mol. The fraction of sp³-hybridized carbons (Fsp3) is 0.529. The summed E-state index contributed by atoms with van der Waals surface area (Å²) in [4.78, 5) is 11.5. The van der Waals surface area contributed by atoms with Gasteiger partial charge in [0.05, 0.1) is 18.8 Å². The zero-order chi connectivity index (χ0) is 16.5. The number of benzene rings is 1. The van der Waals surface area contributed by atoms with Gasteiger partial charge >= 0.3 is 5.97 Å². The van der Waals surface area contributed by atoms with Crippen LogP contribution in [-0.4, -0.2) is 37.4 Å². The Morgan fingerprint density at radius 1 is 1.35 bits per heavy atom. The van der Waals surface area contributed by atoms with Crippen molar-refractivity contribution >= 4 is 29.0 Å². The highest BCUT2D eigenvalue weighted by Gasteiger charge is 2.14. The monoisotopic (exact) mass is 336 g/mol. The lowest BCUT2D eigenvalue weighted by atomic mass is 10.2. The van der Waals surface area contributed by atoms with Gasteiger partial charge < -0.3 is 20.1 Å². The van der Waals surface area contributed by atoms with Crippen LogP contribution in [0.5, 0.6) is 0 Å². The maximum atomic E-state index is 11.5. The average Bonchev–Trinajstić information content (AvgIpc) is 3.07. The first-order valence-electron chi connectivity index (χ1n) is 8.04. The lowest BCUT2D eigenvalue weighted by Crippen LogP contribution is -2.30. The van der Waals surface area contributed by atoms with E-state index in [-0.39, 0.29) is 5.97 Å². The Bertz CT molecular complexity index is 530. The van der Waals surface area contributed by atoms with Gasteiger partial charge in [-0.25, -0.2) is 4.79 Å². The molecule has 0 heterocycles. The van der Waals surface area contributed by atoms with Crippen LogP contribution in [-0.2, 0) is 9.47 Å². The number of rotatable bonds is 7. The lowest BCUT2D eigenvalue weighted by molar-refractivity contribution is 0.0573. The molecule has 0 bridgehead atoms. The predicted octanol–water partition coefficient (Wildman–Crippen LogP) is 3.11. The van der Waals surface area contributed by atoms with Crippen LogP contribution in [0.3, 0.4) is 0 Å². The van der Waals surface area contributed by atoms with Crippen LogP contribution in [0.15, 0.2) is 24.3 Å². The highest BCUT2D eigenvalue weighted by atomic mass is 32.1. The fourth-order valence-corrected chi connectivity index (χ4v) is 2.82. The minimum absolute atomic E-state index is 0.364. The van der Waals surface area contributed by atoms with E-state index in [1.807, 2.05) is 6.07 Å². The average molecular weight is 336 g/mol. The molecule has 0 aliphatic heterocycles. The van der Waals surface area contributed by atoms with Crippen molar-refractivity contribution in [3.05, 3.63) is 29.8 Å². The number of carbonyl (C=O) groups excluding carboxylic acids is 1. The molecule has 2 rings (SSSR count). The van der Waals surface area contributed by atoms with Crippen LogP contribution in [0, 0.1) is 0 Å². The quantitative estimate of drug-likeness (QED) is 0.453. The first-order valence-corrected chi connectivity index (χ1v) is 8.44. The second-order valence-corrected chi connectivity index (χ2v) is 5.99. The molecule has 0 aromatic heterocycles. The number of ether oxygens (including phenoxy) is 2. The van der Waals surface area contributed by atoms with E-state index in [1.54, 1.807) is 18.2 Å². The van der Waals surface area contributed by atoms with Crippen LogP contribution in [0.1, 0.15) is 42.5 Å². The lowest BCUT2D eigenvalue weighted by Gasteiger charge is -2.13. The van der Waals surface area contributed by atoms with E-state index in [4.69, 9.17) is 21.7 Å². The summed E-state index contributed by atoms with van der Waals surface area (Å²) in [5.74, 6) is -0.364. The van der Waals surface area contributed by atoms with Crippen molar-refractivity contribution in [2.75, 3.05) is 25.6 Å². The number of methoxy groups -OCH3 is 1. The van der Waals surface area contributed by atoms with Gasteiger partial charge in [0.25, 0.3) is 0 Å². The van der Waals surface area contributed by atoms with E-state index in [2.05, 4.69) is 10.6 Å². The molecule has 0 saturated heterocycles. The Morgan fingerprint density at radius 3 is 2.87 bits per heavy atom. The molecule has 126 valence electrons. The Labute approximate surface area is 142 Å². The molecule has 0 radical (unpaired) electrons. The number of hydrogen-bond acceptors (Lipinski definition) is 4. The van der Waals surface area contributed by atoms with Gasteiger partial charge in [0.15, 0.2) is 5.11 Å². The number of hydrogen-bond donors (Lipinski definition) is 2. The van der Waals surface area contributed by atoms with E-state index < -0.39 is 0 Å². The van der Waals surface area contributed by atoms with Crippen molar-refractivity contribution in [2.24, 2.45) is 0 Å². The van der Waals surface area contributed by atoms with Crippen molar-refractivity contribution in [3.8, 4) is 0 Å². The van der Waals surface area contributed by atoms with Crippen LogP contribution in [0.2, 0.25) is 0 Å². The largest absolute Gasteiger partial charge is 0.465 e. The summed E-state index contributed by atoms with van der Waals surface area (Å²) < 4.78 is 10.5. The molecule has 2 N–H and O–H groups in total. The molecule has 0 amide bonds. The van der Waals surface area contributed by atoms with Gasteiger partial charge in [-0.2, -0.15) is 0 Å². The Hall–Kier alpha value is -1.66. The minimum atomic E-state index is -0.364. The van der Waals surface area contributed by atoms with E-state index in [1.165, 1.54) is 32.8 Å². The molecule has 1 aromatic carbocycles. The molecule has 1 saturated carbocycles. The van der Waals surface area contributed by atoms with E-state index in [0.717, 1.165) is 25.3 Å². The van der Waals surface area contributed by atoms with Gasteiger partial charge in [-0.3, -0.25) is 0 Å². The summed E-state index contributed by atoms with van der Waals surface area (Å²) in [7, 11) is 1.36. The Balaban J connectivity index is 1.65. The number of carbonyl (C=O) groups is 1. The molecule has 0 unspecified atom stereocenters. The Kier molecular flexibility index (Phi) is 7.29. The SMILES string of the molecule is COC(=O)c1cccc(NC(=S)NCCCOC2CCCC2)c1. The number of anilines is 1. The van der Waals surface area contributed by atoms with E-state index >= 15 is 0 Å². The first-order chi connectivity index (χ1) is 11.2. The third kappa shape index (κ3) is 6.15. The molecule has 0 atom stereocenters. The molecule has 23 heavy (non-hydrogen) atoms. The van der Waals surface area contributed by atoms with E-state index in [0.29, 0.717) is 16.8 Å². The topological polar surface area (TPSA) is 59.6 Å². The molecular formula is C17H24N2O3S. The molecule has 1 aliphatic carbocycles. The summed E-state index contributed by atoms with van der Waals surface area (Å²) >= 11 is 5.25. The van der Waals surface area contributed by atoms with Crippen molar-refractivity contribution in [1.82, 2.24) is 5.32 Å². The molecule has 1 aliphatic rings. The second kappa shape index (κ2) is 9.47. The summed E-state index contributed by atoms with van der Waals surface area (Å²) in [5.41, 5.74) is 1.25. The molecule has 0 spiro atoms. The van der Waals surface area contributed by atoms with Gasteiger partial charge in [-0.1, -0.05) is 18.9 Å². The summed E-state index contributed by atoms with van der Waals surface area (Å²) in [6.45, 7) is 1.52. The van der Waals surface area contributed by atoms with Crippen LogP contribution < -0.4 is 10.6 Å². The maximum Gasteiger partial charge on any atom is 0.337 e. The highest BCUT2D eigenvalue weighted by molar-refractivity contribution is 7.80. The Morgan fingerprint density at radius 2 is 2.13 bits per heavy atom. The second-order valence-electron chi connectivity index (χ2n) is 5.58. The van der Waals surface area contributed by atoms with Crippen LogP contribution >= 0.6 is 12.2 Å². The van der Waals surface area contributed by atoms with Crippen LogP contribution in [0.25, 0.3) is 0 Å². The fourth-order valence-electron chi connectivity index (χ4n) is 2.60. The third-order valence-electron chi connectivity index (χ3n) is 3.80. The van der Waals surface area contributed by atoms with Gasteiger partial charge in [0.2, 0.25) is 0 Å². The standard InChI is InChI=1S/C17H24N2O3S/c1-21-16(20)13-6-4-7-14(12-13)19-17(23)18-10-5-11-22-15-8-2-3-9-15/h4,6-7,12,15H,2-3,5,8-11H2,1H3,(H2,18,19,23). The molecule has 6 heteroatoms. The maximum absolute atomic E-state index is 11.5. The normalized spacial score (nSPS) is 14.5. The molecule has 1 aromatic rings. The number of thiocarbonyl (C=S) groups is 1. The number of nitrogens with one attached hydrogen (secondary N) is 2. The van der Waals surface area contributed by atoms with Crippen molar-refractivity contribution in [2.45, 2.75) is 38.2 Å². The zero-order valence-corrected chi connectivity index (χ0v) is 14.3. The first kappa shape index (κ1) is 17.7. The highest BCUT2D eigenvalue weighted by Crippen LogP contribution is 2.20. The van der Waals surface area contributed by atoms with E-state index in [9.17, 15) is 4.79 Å². The van der Waals surface area contributed by atoms with Gasteiger partial charge in [-0.05, 0) is 49.7 Å². The predicted molar refractivity (Wildman–Crippen MR) is 94.8 cm³/mol. The van der Waals surface area contributed by atoms with Gasteiger partial charge in [0.1, 0.15) is 0 Å². The zero-order valence-electron chi connectivity index (χ0n) is 13.5. The van der Waals surface area contributed by atoms with Gasteiger partial charge in [0, 0.05) is 18.8 Å².